The van der Waals surface area contributed by atoms with Gasteiger partial charge in [0.15, 0.2) is 0 Å². The van der Waals surface area contributed by atoms with Crippen molar-refractivity contribution >= 4 is 5.97 Å². The van der Waals surface area contributed by atoms with Crippen LogP contribution in [0.1, 0.15) is 25.3 Å². The Bertz CT molecular complexity index is 378. The average molecular weight is 267 g/mol. The number of nitrogens with one attached hydrogen (secondary N) is 1. The van der Waals surface area contributed by atoms with Gasteiger partial charge in [0.1, 0.15) is 11.8 Å². The van der Waals surface area contributed by atoms with Crippen LogP contribution in [0.3, 0.4) is 0 Å². The molecule has 1 rings (SSSR count). The maximum absolute atomic E-state index is 11.0. The summed E-state index contributed by atoms with van der Waals surface area (Å²) in [6.45, 7) is 3.02. The molecule has 0 heterocycles. The van der Waals surface area contributed by atoms with Gasteiger partial charge in [-0.15, -0.1) is 0 Å². The topological polar surface area (TPSA) is 78.8 Å². The predicted molar refractivity (Wildman–Crippen MR) is 72.2 cm³/mol. The highest BCUT2D eigenvalue weighted by Gasteiger charge is 2.15. The van der Waals surface area contributed by atoms with Crippen LogP contribution in [0.15, 0.2) is 24.3 Å². The monoisotopic (exact) mass is 267 g/mol. The van der Waals surface area contributed by atoms with Gasteiger partial charge in [0.05, 0.1) is 13.2 Å². The highest BCUT2D eigenvalue weighted by atomic mass is 16.5. The fourth-order valence-corrected chi connectivity index (χ4v) is 1.62. The molecule has 5 heteroatoms. The Morgan fingerprint density at radius 1 is 1.37 bits per heavy atom. The zero-order chi connectivity index (χ0) is 14.1. The van der Waals surface area contributed by atoms with Gasteiger partial charge in [-0.2, -0.15) is 0 Å². The van der Waals surface area contributed by atoms with E-state index in [9.17, 15) is 4.79 Å². The molecule has 106 valence electrons. The Hall–Kier alpha value is -1.59. The highest BCUT2D eigenvalue weighted by molar-refractivity contribution is 5.73. The summed E-state index contributed by atoms with van der Waals surface area (Å²) >= 11 is 0. The minimum Gasteiger partial charge on any atom is -0.494 e. The van der Waals surface area contributed by atoms with E-state index in [1.54, 1.807) is 24.3 Å². The summed E-state index contributed by atoms with van der Waals surface area (Å²) in [7, 11) is 0. The van der Waals surface area contributed by atoms with E-state index in [0.717, 1.165) is 12.0 Å². The van der Waals surface area contributed by atoms with Crippen molar-refractivity contribution in [3.8, 4) is 5.75 Å². The third-order valence-corrected chi connectivity index (χ3v) is 2.72. The summed E-state index contributed by atoms with van der Waals surface area (Å²) in [5, 5.41) is 20.9. The second-order valence-corrected chi connectivity index (χ2v) is 4.28. The molecule has 0 saturated heterocycles. The van der Waals surface area contributed by atoms with Crippen molar-refractivity contribution < 1.29 is 19.7 Å². The Balaban J connectivity index is 2.36. The SMILES string of the molecule is CCCNC(CCOc1ccc(CO)cc1)C(=O)O. The molecule has 1 aromatic carbocycles. The van der Waals surface area contributed by atoms with E-state index in [0.29, 0.717) is 25.3 Å². The van der Waals surface area contributed by atoms with Gasteiger partial charge in [-0.3, -0.25) is 4.79 Å². The molecule has 0 spiro atoms. The number of benzene rings is 1. The molecule has 1 aromatic rings. The number of ether oxygens (including phenoxy) is 1. The van der Waals surface area contributed by atoms with E-state index in [2.05, 4.69) is 5.32 Å². The number of aliphatic carboxylic acids is 1. The molecule has 0 aliphatic rings. The normalized spacial score (nSPS) is 12.1. The van der Waals surface area contributed by atoms with E-state index in [4.69, 9.17) is 14.9 Å². The zero-order valence-electron chi connectivity index (χ0n) is 11.1. The molecule has 19 heavy (non-hydrogen) atoms. The fraction of sp³-hybridized carbons (Fsp3) is 0.500. The molecule has 0 aliphatic heterocycles. The number of carboxylic acid groups (broad SMARTS) is 1. The number of aliphatic hydroxyl groups excluding tert-OH is 1. The molecule has 3 N–H and O–H groups in total. The summed E-state index contributed by atoms with van der Waals surface area (Å²) in [5.74, 6) is -0.176. The van der Waals surface area contributed by atoms with Crippen molar-refractivity contribution in [1.29, 1.82) is 0 Å². The van der Waals surface area contributed by atoms with Crippen molar-refractivity contribution in [1.82, 2.24) is 5.32 Å². The molecule has 0 aromatic heterocycles. The van der Waals surface area contributed by atoms with Gasteiger partial charge in [-0.25, -0.2) is 0 Å². The highest BCUT2D eigenvalue weighted by Crippen LogP contribution is 2.12. The smallest absolute Gasteiger partial charge is 0.320 e. The first-order chi connectivity index (χ1) is 9.17. The van der Waals surface area contributed by atoms with E-state index < -0.39 is 12.0 Å². The molecule has 1 unspecified atom stereocenters. The van der Waals surface area contributed by atoms with Gasteiger partial charge < -0.3 is 20.3 Å². The Kier molecular flexibility index (Phi) is 6.92. The molecule has 0 fully saturated rings. The number of rotatable bonds is 9. The first kappa shape index (κ1) is 15.5. The summed E-state index contributed by atoms with van der Waals surface area (Å²) in [4.78, 5) is 11.0. The number of carbonyl (C=O) groups is 1. The van der Waals surface area contributed by atoms with Gasteiger partial charge in [-0.1, -0.05) is 19.1 Å². The lowest BCUT2D eigenvalue weighted by atomic mass is 10.2. The standard InChI is InChI=1S/C14H21NO4/c1-2-8-15-13(14(17)18)7-9-19-12-5-3-11(10-16)4-6-12/h3-6,13,15-16H,2,7-10H2,1H3,(H,17,18). The van der Waals surface area contributed by atoms with E-state index >= 15 is 0 Å². The summed E-state index contributed by atoms with van der Waals surface area (Å²) in [6.07, 6.45) is 1.31. The minimum absolute atomic E-state index is 0.00229. The van der Waals surface area contributed by atoms with Gasteiger partial charge in [0.25, 0.3) is 0 Å². The van der Waals surface area contributed by atoms with Crippen LogP contribution in [-0.4, -0.2) is 35.4 Å². The molecule has 0 amide bonds. The van der Waals surface area contributed by atoms with Crippen LogP contribution in [0, 0.1) is 0 Å². The van der Waals surface area contributed by atoms with Crippen LogP contribution >= 0.6 is 0 Å². The second kappa shape index (κ2) is 8.50. The predicted octanol–water partition coefficient (Wildman–Crippen LogP) is 1.40. The van der Waals surface area contributed by atoms with Crippen molar-refractivity contribution in [3.63, 3.8) is 0 Å². The van der Waals surface area contributed by atoms with Crippen LogP contribution in [0.2, 0.25) is 0 Å². The van der Waals surface area contributed by atoms with Crippen molar-refractivity contribution in [3.05, 3.63) is 29.8 Å². The van der Waals surface area contributed by atoms with Gasteiger partial charge in [0.2, 0.25) is 0 Å². The van der Waals surface area contributed by atoms with Crippen LogP contribution in [0.4, 0.5) is 0 Å². The summed E-state index contributed by atoms with van der Waals surface area (Å²) < 4.78 is 5.48. The molecular weight excluding hydrogens is 246 g/mol. The Morgan fingerprint density at radius 2 is 2.05 bits per heavy atom. The molecule has 1 atom stereocenters. The van der Waals surface area contributed by atoms with Gasteiger partial charge >= 0.3 is 5.97 Å². The molecule has 0 bridgehead atoms. The quantitative estimate of drug-likeness (QED) is 0.630. The van der Waals surface area contributed by atoms with Gasteiger partial charge in [0, 0.05) is 6.42 Å². The second-order valence-electron chi connectivity index (χ2n) is 4.28. The molecule has 0 saturated carbocycles. The molecule has 0 aliphatic carbocycles. The van der Waals surface area contributed by atoms with Crippen molar-refractivity contribution in [2.24, 2.45) is 0 Å². The number of carboxylic acids is 1. The molecular formula is C14H21NO4. The summed E-state index contributed by atoms with van der Waals surface area (Å²) in [6, 6.07) is 6.51. The van der Waals surface area contributed by atoms with Crippen LogP contribution in [0.5, 0.6) is 5.75 Å². The average Bonchev–Trinajstić information content (AvgIpc) is 2.43. The van der Waals surface area contributed by atoms with E-state index in [1.807, 2.05) is 6.92 Å². The lowest BCUT2D eigenvalue weighted by molar-refractivity contribution is -0.139. The minimum atomic E-state index is -0.854. The lowest BCUT2D eigenvalue weighted by Gasteiger charge is -2.14. The number of hydrogen-bond acceptors (Lipinski definition) is 4. The van der Waals surface area contributed by atoms with E-state index in [-0.39, 0.29) is 6.61 Å². The zero-order valence-corrected chi connectivity index (χ0v) is 11.1. The maximum atomic E-state index is 11.0. The first-order valence-corrected chi connectivity index (χ1v) is 6.46. The number of aliphatic hydroxyl groups is 1. The molecule has 5 nitrogen and oxygen atoms in total. The third-order valence-electron chi connectivity index (χ3n) is 2.72. The van der Waals surface area contributed by atoms with Crippen LogP contribution < -0.4 is 10.1 Å². The third kappa shape index (κ3) is 5.72. The number of hydrogen-bond donors (Lipinski definition) is 3. The molecule has 0 radical (unpaired) electrons. The summed E-state index contributed by atoms with van der Waals surface area (Å²) in [5.41, 5.74) is 0.820. The largest absolute Gasteiger partial charge is 0.494 e. The lowest BCUT2D eigenvalue weighted by Crippen LogP contribution is -2.38. The Labute approximate surface area is 113 Å². The Morgan fingerprint density at radius 3 is 2.58 bits per heavy atom. The van der Waals surface area contributed by atoms with Crippen molar-refractivity contribution in [2.45, 2.75) is 32.4 Å². The van der Waals surface area contributed by atoms with E-state index in [1.165, 1.54) is 0 Å². The van der Waals surface area contributed by atoms with Gasteiger partial charge in [-0.05, 0) is 30.7 Å². The fourth-order valence-electron chi connectivity index (χ4n) is 1.62. The maximum Gasteiger partial charge on any atom is 0.320 e. The van der Waals surface area contributed by atoms with Crippen LogP contribution in [0.25, 0.3) is 0 Å². The van der Waals surface area contributed by atoms with Crippen LogP contribution in [-0.2, 0) is 11.4 Å². The van der Waals surface area contributed by atoms with Crippen molar-refractivity contribution in [2.75, 3.05) is 13.2 Å². The first-order valence-electron chi connectivity index (χ1n) is 6.46.